The standard InChI is InChI=1S/C16H10ClN3O3/c17-14(10-11-6-8-13(9-7-11)20(21)22)16-19-18-15(23-16)12-4-2-1-3-5-12/h1-10H/b14-10-. The molecular formula is C16H10ClN3O3. The summed E-state index contributed by atoms with van der Waals surface area (Å²) in [4.78, 5) is 10.2. The van der Waals surface area contributed by atoms with Crippen LogP contribution >= 0.6 is 11.6 Å². The number of nitrogens with zero attached hydrogens (tertiary/aromatic N) is 3. The number of non-ortho nitro benzene ring substituents is 1. The number of aromatic nitrogens is 2. The average molecular weight is 328 g/mol. The lowest BCUT2D eigenvalue weighted by Gasteiger charge is -1.95. The summed E-state index contributed by atoms with van der Waals surface area (Å²) in [5, 5.41) is 18.7. The Kier molecular flexibility index (Phi) is 4.16. The van der Waals surface area contributed by atoms with Gasteiger partial charge in [-0.1, -0.05) is 29.8 Å². The smallest absolute Gasteiger partial charge is 0.269 e. The third kappa shape index (κ3) is 3.44. The summed E-state index contributed by atoms with van der Waals surface area (Å²) in [6, 6.07) is 15.3. The number of rotatable bonds is 4. The van der Waals surface area contributed by atoms with Crippen molar-refractivity contribution in [3.05, 3.63) is 76.2 Å². The van der Waals surface area contributed by atoms with E-state index in [0.29, 0.717) is 11.5 Å². The van der Waals surface area contributed by atoms with Crippen LogP contribution in [0.25, 0.3) is 22.6 Å². The van der Waals surface area contributed by atoms with E-state index in [0.717, 1.165) is 5.56 Å². The number of nitro benzene ring substituents is 1. The summed E-state index contributed by atoms with van der Waals surface area (Å²) >= 11 is 6.17. The molecule has 0 aliphatic rings. The topological polar surface area (TPSA) is 82.1 Å². The second-order valence-corrected chi connectivity index (χ2v) is 5.03. The molecule has 0 N–H and O–H groups in total. The molecule has 0 unspecified atom stereocenters. The summed E-state index contributed by atoms with van der Waals surface area (Å²) in [6.45, 7) is 0. The zero-order valence-electron chi connectivity index (χ0n) is 11.7. The van der Waals surface area contributed by atoms with Gasteiger partial charge in [-0.3, -0.25) is 10.1 Å². The van der Waals surface area contributed by atoms with E-state index in [-0.39, 0.29) is 16.6 Å². The Hall–Kier alpha value is -2.99. The molecule has 1 heterocycles. The molecule has 0 radical (unpaired) electrons. The first-order valence-electron chi connectivity index (χ1n) is 6.64. The Morgan fingerprint density at radius 2 is 1.78 bits per heavy atom. The maximum atomic E-state index is 10.6. The van der Waals surface area contributed by atoms with E-state index in [1.807, 2.05) is 30.3 Å². The number of nitro groups is 1. The van der Waals surface area contributed by atoms with E-state index in [2.05, 4.69) is 10.2 Å². The molecule has 6 nitrogen and oxygen atoms in total. The van der Waals surface area contributed by atoms with Crippen LogP contribution in [0.3, 0.4) is 0 Å². The number of hydrogen-bond donors (Lipinski definition) is 0. The van der Waals surface area contributed by atoms with Crippen molar-refractivity contribution in [3.8, 4) is 11.5 Å². The maximum Gasteiger partial charge on any atom is 0.269 e. The molecule has 0 spiro atoms. The van der Waals surface area contributed by atoms with Crippen molar-refractivity contribution >= 4 is 28.4 Å². The first kappa shape index (κ1) is 14.9. The highest BCUT2D eigenvalue weighted by atomic mass is 35.5. The molecule has 0 aliphatic heterocycles. The van der Waals surface area contributed by atoms with Gasteiger partial charge in [0, 0.05) is 17.7 Å². The summed E-state index contributed by atoms with van der Waals surface area (Å²) in [7, 11) is 0. The van der Waals surface area contributed by atoms with E-state index in [9.17, 15) is 10.1 Å². The number of halogens is 1. The molecule has 0 saturated heterocycles. The molecule has 2 aromatic carbocycles. The highest BCUT2D eigenvalue weighted by Crippen LogP contribution is 2.25. The fraction of sp³-hybridized carbons (Fsp3) is 0. The molecule has 0 fully saturated rings. The molecule has 114 valence electrons. The Labute approximate surface area is 136 Å². The molecule has 0 atom stereocenters. The minimum atomic E-state index is -0.459. The summed E-state index contributed by atoms with van der Waals surface area (Å²) in [5.74, 6) is 0.555. The minimum Gasteiger partial charge on any atom is -0.415 e. The molecule has 0 amide bonds. The normalized spacial score (nSPS) is 11.4. The second-order valence-electron chi connectivity index (χ2n) is 4.62. The monoisotopic (exact) mass is 327 g/mol. The van der Waals surface area contributed by atoms with Crippen LogP contribution in [0.15, 0.2) is 59.0 Å². The van der Waals surface area contributed by atoms with Gasteiger partial charge in [0.15, 0.2) is 0 Å². The molecular weight excluding hydrogens is 318 g/mol. The zero-order valence-corrected chi connectivity index (χ0v) is 12.5. The van der Waals surface area contributed by atoms with Crippen molar-refractivity contribution in [2.45, 2.75) is 0 Å². The Morgan fingerprint density at radius 3 is 2.43 bits per heavy atom. The quantitative estimate of drug-likeness (QED) is 0.524. The molecule has 0 aliphatic carbocycles. The third-order valence-electron chi connectivity index (χ3n) is 3.05. The lowest BCUT2D eigenvalue weighted by atomic mass is 10.2. The van der Waals surface area contributed by atoms with Crippen LogP contribution in [-0.4, -0.2) is 15.1 Å². The predicted octanol–water partition coefficient (Wildman–Crippen LogP) is 4.38. The van der Waals surface area contributed by atoms with Crippen LogP contribution in [0.4, 0.5) is 5.69 Å². The van der Waals surface area contributed by atoms with Gasteiger partial charge in [-0.05, 0) is 35.9 Å². The number of hydrogen-bond acceptors (Lipinski definition) is 5. The summed E-state index contributed by atoms with van der Waals surface area (Å²) in [6.07, 6.45) is 1.60. The van der Waals surface area contributed by atoms with E-state index in [1.165, 1.54) is 12.1 Å². The van der Waals surface area contributed by atoms with Crippen LogP contribution in [-0.2, 0) is 0 Å². The first-order chi connectivity index (χ1) is 11.1. The minimum absolute atomic E-state index is 0.0161. The number of benzene rings is 2. The SMILES string of the molecule is O=[N+]([O-])c1ccc(/C=C(\Cl)c2nnc(-c3ccccc3)o2)cc1. The van der Waals surface area contributed by atoms with Gasteiger partial charge in [-0.15, -0.1) is 10.2 Å². The molecule has 0 saturated carbocycles. The van der Waals surface area contributed by atoms with E-state index in [1.54, 1.807) is 18.2 Å². The van der Waals surface area contributed by atoms with Gasteiger partial charge in [0.1, 0.15) is 5.03 Å². The van der Waals surface area contributed by atoms with Gasteiger partial charge in [0.2, 0.25) is 5.89 Å². The van der Waals surface area contributed by atoms with Crippen molar-refractivity contribution in [1.29, 1.82) is 0 Å². The lowest BCUT2D eigenvalue weighted by molar-refractivity contribution is -0.384. The van der Waals surface area contributed by atoms with Crippen molar-refractivity contribution in [2.24, 2.45) is 0 Å². The molecule has 3 aromatic rings. The summed E-state index contributed by atoms with van der Waals surface area (Å²) in [5.41, 5.74) is 1.51. The maximum absolute atomic E-state index is 10.6. The molecule has 0 bridgehead atoms. The third-order valence-corrected chi connectivity index (χ3v) is 3.32. The summed E-state index contributed by atoms with van der Waals surface area (Å²) < 4.78 is 5.53. The largest absolute Gasteiger partial charge is 0.415 e. The van der Waals surface area contributed by atoms with Crippen molar-refractivity contribution in [1.82, 2.24) is 10.2 Å². The molecule has 1 aromatic heterocycles. The van der Waals surface area contributed by atoms with Crippen molar-refractivity contribution in [2.75, 3.05) is 0 Å². The molecule has 23 heavy (non-hydrogen) atoms. The predicted molar refractivity (Wildman–Crippen MR) is 86.6 cm³/mol. The van der Waals surface area contributed by atoms with Crippen molar-refractivity contribution < 1.29 is 9.34 Å². The van der Waals surface area contributed by atoms with Crippen LogP contribution in [0.5, 0.6) is 0 Å². The second kappa shape index (κ2) is 6.41. The Bertz CT molecular complexity index is 858. The van der Waals surface area contributed by atoms with E-state index < -0.39 is 4.92 Å². The molecule has 3 rings (SSSR count). The van der Waals surface area contributed by atoms with Gasteiger partial charge in [0.05, 0.1) is 4.92 Å². The highest BCUT2D eigenvalue weighted by molar-refractivity contribution is 6.50. The van der Waals surface area contributed by atoms with Gasteiger partial charge in [-0.25, -0.2) is 0 Å². The fourth-order valence-corrected chi connectivity index (χ4v) is 2.12. The first-order valence-corrected chi connectivity index (χ1v) is 7.02. The van der Waals surface area contributed by atoms with Crippen LogP contribution in [0.1, 0.15) is 11.5 Å². The fourth-order valence-electron chi connectivity index (χ4n) is 1.92. The zero-order chi connectivity index (χ0) is 16.2. The lowest BCUT2D eigenvalue weighted by Crippen LogP contribution is -1.86. The van der Waals surface area contributed by atoms with Crippen LogP contribution in [0, 0.1) is 10.1 Å². The van der Waals surface area contributed by atoms with Crippen molar-refractivity contribution in [3.63, 3.8) is 0 Å². The Balaban J connectivity index is 1.84. The average Bonchev–Trinajstić information content (AvgIpc) is 3.06. The van der Waals surface area contributed by atoms with Crippen LogP contribution in [0.2, 0.25) is 0 Å². The highest BCUT2D eigenvalue weighted by Gasteiger charge is 2.11. The van der Waals surface area contributed by atoms with Gasteiger partial charge >= 0.3 is 0 Å². The van der Waals surface area contributed by atoms with E-state index >= 15 is 0 Å². The Morgan fingerprint density at radius 1 is 1.09 bits per heavy atom. The van der Waals surface area contributed by atoms with Gasteiger partial charge in [-0.2, -0.15) is 0 Å². The van der Waals surface area contributed by atoms with Gasteiger partial charge in [0.25, 0.3) is 11.6 Å². The van der Waals surface area contributed by atoms with E-state index in [4.69, 9.17) is 16.0 Å². The van der Waals surface area contributed by atoms with Crippen LogP contribution < -0.4 is 0 Å². The van der Waals surface area contributed by atoms with Gasteiger partial charge < -0.3 is 4.42 Å². The molecule has 7 heteroatoms.